The normalized spacial score (nSPS) is 70.4. The third kappa shape index (κ3) is 0.613. The van der Waals surface area contributed by atoms with E-state index in [0.717, 1.165) is 47.3 Å². The molecule has 0 aromatic heterocycles. The average Bonchev–Trinajstić information content (AvgIpc) is 3.22. The monoisotopic (exact) mass is 215 g/mol. The van der Waals surface area contributed by atoms with Gasteiger partial charge in [0.2, 0.25) is 5.91 Å². The molecule has 6 bridgehead atoms. The van der Waals surface area contributed by atoms with Gasteiger partial charge in [-0.2, -0.15) is 0 Å². The van der Waals surface area contributed by atoms with Crippen LogP contribution in [0.2, 0.25) is 0 Å². The largest absolute Gasteiger partial charge is 0.353 e. The van der Waals surface area contributed by atoms with Gasteiger partial charge in [0.25, 0.3) is 0 Å². The average molecular weight is 215 g/mol. The summed E-state index contributed by atoms with van der Waals surface area (Å²) in [5.74, 6) is 9.07. The van der Waals surface area contributed by atoms with Crippen molar-refractivity contribution in [2.45, 2.75) is 25.3 Å². The molecule has 7 aliphatic carbocycles. The van der Waals surface area contributed by atoms with E-state index >= 15 is 0 Å². The maximum atomic E-state index is 12.1. The number of hydrogen-bond acceptors (Lipinski definition) is 1. The molecule has 16 heavy (non-hydrogen) atoms. The van der Waals surface area contributed by atoms with E-state index < -0.39 is 0 Å². The summed E-state index contributed by atoms with van der Waals surface area (Å²) in [7, 11) is 0. The fraction of sp³-hybridized carbons (Fsp3) is 0.929. The van der Waals surface area contributed by atoms with Crippen LogP contribution < -0.4 is 5.32 Å². The van der Waals surface area contributed by atoms with E-state index in [0.29, 0.717) is 17.9 Å². The van der Waals surface area contributed by atoms with Crippen LogP contribution >= 0.6 is 0 Å². The lowest BCUT2D eigenvalue weighted by atomic mass is 9.91. The summed E-state index contributed by atoms with van der Waals surface area (Å²) in [6, 6.07) is 0.565. The van der Waals surface area contributed by atoms with Gasteiger partial charge in [-0.3, -0.25) is 4.79 Å². The van der Waals surface area contributed by atoms with Crippen LogP contribution in [0.25, 0.3) is 0 Å². The Bertz CT molecular complexity index is 404. The van der Waals surface area contributed by atoms with E-state index in [1.54, 1.807) is 6.42 Å². The lowest BCUT2D eigenvalue weighted by molar-refractivity contribution is -0.123. The Morgan fingerprint density at radius 3 is 1.94 bits per heavy atom. The van der Waals surface area contributed by atoms with Gasteiger partial charge in [0.1, 0.15) is 0 Å². The van der Waals surface area contributed by atoms with Gasteiger partial charge >= 0.3 is 0 Å². The number of nitrogens with one attached hydrogen (secondary N) is 1. The molecule has 0 aromatic carbocycles. The highest BCUT2D eigenvalue weighted by Gasteiger charge is 2.87. The number of rotatable bonds is 2. The smallest absolute Gasteiger partial charge is 0.223 e. The first-order chi connectivity index (χ1) is 7.86. The molecule has 7 aliphatic rings. The Morgan fingerprint density at radius 2 is 1.44 bits per heavy atom. The van der Waals surface area contributed by atoms with Crippen LogP contribution in [0.3, 0.4) is 0 Å². The first kappa shape index (κ1) is 7.73. The Balaban J connectivity index is 1.30. The third-order valence-corrected chi connectivity index (χ3v) is 6.96. The van der Waals surface area contributed by atoms with Gasteiger partial charge in [-0.15, -0.1) is 0 Å². The van der Waals surface area contributed by atoms with Crippen molar-refractivity contribution < 1.29 is 4.79 Å². The number of amides is 1. The van der Waals surface area contributed by atoms with Crippen molar-refractivity contribution in [2.24, 2.45) is 53.3 Å². The number of fused-ring (bicyclic) bond motifs is 1. The molecule has 3 unspecified atom stereocenters. The number of hydrogen-bond donors (Lipinski definition) is 1. The summed E-state index contributed by atoms with van der Waals surface area (Å²) in [6.45, 7) is 0. The molecule has 0 heterocycles. The maximum Gasteiger partial charge on any atom is 0.223 e. The zero-order valence-corrected chi connectivity index (χ0v) is 9.30. The van der Waals surface area contributed by atoms with Crippen molar-refractivity contribution in [3.8, 4) is 0 Å². The molecule has 7 fully saturated rings. The van der Waals surface area contributed by atoms with Crippen LogP contribution in [0.15, 0.2) is 0 Å². The molecule has 9 atom stereocenters. The van der Waals surface area contributed by atoms with Gasteiger partial charge in [0, 0.05) is 12.0 Å². The molecular weight excluding hydrogens is 198 g/mol. The van der Waals surface area contributed by atoms with E-state index in [9.17, 15) is 4.79 Å². The molecule has 0 spiro atoms. The van der Waals surface area contributed by atoms with Gasteiger partial charge < -0.3 is 5.32 Å². The molecular formula is C14H17NO. The van der Waals surface area contributed by atoms with Crippen molar-refractivity contribution >= 4 is 5.91 Å². The van der Waals surface area contributed by atoms with Gasteiger partial charge in [0.15, 0.2) is 0 Å². The molecule has 2 nitrogen and oxygen atoms in total. The van der Waals surface area contributed by atoms with E-state index in [1.807, 2.05) is 0 Å². The topological polar surface area (TPSA) is 29.1 Å². The van der Waals surface area contributed by atoms with Crippen LogP contribution in [-0.2, 0) is 4.79 Å². The van der Waals surface area contributed by atoms with Gasteiger partial charge in [-0.1, -0.05) is 0 Å². The molecule has 1 N–H and O–H groups in total. The second-order valence-electron chi connectivity index (χ2n) is 7.34. The summed E-state index contributed by atoms with van der Waals surface area (Å²) in [5, 5.41) is 3.23. The third-order valence-electron chi connectivity index (χ3n) is 6.96. The Hall–Kier alpha value is -0.530. The standard InChI is InChI=1S/C14H17NO/c16-14(15-4-1-2-4)13-11-9-6-3-5-7(9)8(5)10(6)12(11)13/h4-13H,1-3H2,(H,15,16)/t5?,6?,7-,8+,9-,10+,11-,12+,13?. The summed E-state index contributed by atoms with van der Waals surface area (Å²) in [4.78, 5) is 12.1. The molecule has 84 valence electrons. The number of carbonyl (C=O) groups excluding carboxylic acids is 1. The molecule has 0 radical (unpaired) electrons. The molecule has 2 heteroatoms. The second-order valence-corrected chi connectivity index (χ2v) is 7.34. The Morgan fingerprint density at radius 1 is 0.875 bits per heavy atom. The molecule has 1 amide bonds. The van der Waals surface area contributed by atoms with E-state index in [-0.39, 0.29) is 0 Å². The first-order valence-electron chi connectivity index (χ1n) is 7.16. The fourth-order valence-electron chi connectivity index (χ4n) is 6.59. The van der Waals surface area contributed by atoms with Gasteiger partial charge in [-0.05, 0) is 66.6 Å². The summed E-state index contributed by atoms with van der Waals surface area (Å²) >= 11 is 0. The molecule has 7 saturated carbocycles. The van der Waals surface area contributed by atoms with Crippen LogP contribution in [0.5, 0.6) is 0 Å². The highest BCUT2D eigenvalue weighted by Crippen LogP contribution is 2.89. The Labute approximate surface area is 95.2 Å². The molecule has 0 saturated heterocycles. The fourth-order valence-corrected chi connectivity index (χ4v) is 6.59. The zero-order chi connectivity index (χ0) is 10.2. The summed E-state index contributed by atoms with van der Waals surface area (Å²) in [5.41, 5.74) is 0. The minimum Gasteiger partial charge on any atom is -0.353 e. The van der Waals surface area contributed by atoms with Crippen molar-refractivity contribution in [1.29, 1.82) is 0 Å². The predicted molar refractivity (Wildman–Crippen MR) is 57.2 cm³/mol. The number of carbonyl (C=O) groups is 1. The highest BCUT2D eigenvalue weighted by atomic mass is 16.2. The van der Waals surface area contributed by atoms with Gasteiger partial charge in [-0.25, -0.2) is 0 Å². The van der Waals surface area contributed by atoms with E-state index in [2.05, 4.69) is 5.32 Å². The van der Waals surface area contributed by atoms with Crippen molar-refractivity contribution in [1.82, 2.24) is 5.32 Å². The first-order valence-corrected chi connectivity index (χ1v) is 7.16. The molecule has 7 rings (SSSR count). The highest BCUT2D eigenvalue weighted by molar-refractivity contribution is 5.83. The summed E-state index contributed by atoms with van der Waals surface area (Å²) in [6.07, 6.45) is 4.02. The van der Waals surface area contributed by atoms with Crippen LogP contribution in [0, 0.1) is 53.3 Å². The maximum absolute atomic E-state index is 12.1. The summed E-state index contributed by atoms with van der Waals surface area (Å²) < 4.78 is 0. The quantitative estimate of drug-likeness (QED) is 0.738. The SMILES string of the molecule is O=C(NC1CC1)C1[C@@H]2[C@@H]3C4CC5[C@@H]3[C@H]5[C@H]4[C@H]12. The van der Waals surface area contributed by atoms with Crippen molar-refractivity contribution in [2.75, 3.05) is 0 Å². The van der Waals surface area contributed by atoms with E-state index in [4.69, 9.17) is 0 Å². The minimum atomic E-state index is 0.436. The van der Waals surface area contributed by atoms with Crippen molar-refractivity contribution in [3.63, 3.8) is 0 Å². The van der Waals surface area contributed by atoms with Crippen LogP contribution in [0.4, 0.5) is 0 Å². The van der Waals surface area contributed by atoms with Crippen LogP contribution in [-0.4, -0.2) is 11.9 Å². The second kappa shape index (κ2) is 1.97. The van der Waals surface area contributed by atoms with Crippen LogP contribution in [0.1, 0.15) is 19.3 Å². The minimum absolute atomic E-state index is 0.436. The van der Waals surface area contributed by atoms with E-state index in [1.165, 1.54) is 12.8 Å². The molecule has 0 aromatic rings. The Kier molecular flexibility index (Phi) is 0.954. The molecule has 0 aliphatic heterocycles. The lowest BCUT2D eigenvalue weighted by Gasteiger charge is -2.15. The zero-order valence-electron chi connectivity index (χ0n) is 9.30. The van der Waals surface area contributed by atoms with Crippen molar-refractivity contribution in [3.05, 3.63) is 0 Å². The predicted octanol–water partition coefficient (Wildman–Crippen LogP) is 1.27. The lowest BCUT2D eigenvalue weighted by Crippen LogP contribution is -2.30. The van der Waals surface area contributed by atoms with Gasteiger partial charge in [0.05, 0.1) is 0 Å².